The number of aryl methyl sites for hydroxylation is 2. The molecule has 12 heteroatoms. The van der Waals surface area contributed by atoms with Gasteiger partial charge in [0.15, 0.2) is 0 Å². The van der Waals surface area contributed by atoms with Crippen LogP contribution in [0.1, 0.15) is 29.5 Å². The number of nitrogens with two attached hydrogens (primary N) is 2. The molecule has 0 unspecified atom stereocenters. The Morgan fingerprint density at radius 3 is 1.90 bits per heavy atom. The van der Waals surface area contributed by atoms with Crippen LogP contribution in [0, 0.1) is 0 Å². The first-order chi connectivity index (χ1) is 23.1. The summed E-state index contributed by atoms with van der Waals surface area (Å²) in [5.74, 6) is 7.67. The van der Waals surface area contributed by atoms with Crippen molar-refractivity contribution in [1.82, 2.24) is 29.8 Å². The quantitative estimate of drug-likeness (QED) is 0.0712. The Kier molecular flexibility index (Phi) is 14.4. The number of ether oxygens (including phenoxy) is 2. The Bertz CT molecular complexity index is 1610. The molecule has 4 N–H and O–H groups in total. The second-order valence-corrected chi connectivity index (χ2v) is 13.1. The Labute approximate surface area is 294 Å². The van der Waals surface area contributed by atoms with Gasteiger partial charge in [0.2, 0.25) is 0 Å². The van der Waals surface area contributed by atoms with E-state index in [1.165, 1.54) is 0 Å². The maximum absolute atomic E-state index is 6.47. The number of halogens is 2. The van der Waals surface area contributed by atoms with Gasteiger partial charge in [0.25, 0.3) is 0 Å². The molecule has 0 radical (unpaired) electrons. The van der Waals surface area contributed by atoms with Crippen LogP contribution < -0.4 is 21.1 Å². The highest BCUT2D eigenvalue weighted by molar-refractivity contribution is 6.32. The first-order valence-corrected chi connectivity index (χ1v) is 16.9. The van der Waals surface area contributed by atoms with Crippen LogP contribution in [0.15, 0.2) is 73.1 Å². The Morgan fingerprint density at radius 2 is 1.35 bits per heavy atom. The van der Waals surface area contributed by atoms with Gasteiger partial charge in [-0.05, 0) is 94.8 Å². The topological polar surface area (TPSA) is 111 Å². The maximum atomic E-state index is 6.47. The summed E-state index contributed by atoms with van der Waals surface area (Å²) in [4.78, 5) is 4.26. The first kappa shape index (κ1) is 37.0. The molecule has 0 spiro atoms. The van der Waals surface area contributed by atoms with Gasteiger partial charge in [0.1, 0.15) is 17.2 Å². The normalized spacial score (nSPS) is 11.8. The fourth-order valence-corrected chi connectivity index (χ4v) is 5.47. The number of hydrogen-bond acceptors (Lipinski definition) is 9. The summed E-state index contributed by atoms with van der Waals surface area (Å²) in [5.41, 5.74) is 11.7. The molecular formula is C36H48Cl2N8O2. The molecule has 0 saturated carbocycles. The van der Waals surface area contributed by atoms with E-state index < -0.39 is 0 Å². The van der Waals surface area contributed by atoms with Gasteiger partial charge in [-0.25, -0.2) is 5.84 Å². The van der Waals surface area contributed by atoms with Gasteiger partial charge in [-0.3, -0.25) is 4.68 Å². The van der Waals surface area contributed by atoms with Crippen LogP contribution in [0.3, 0.4) is 0 Å². The molecule has 4 rings (SSSR count). The fourth-order valence-electron chi connectivity index (χ4n) is 4.95. The van der Waals surface area contributed by atoms with Crippen LogP contribution in [0.25, 0.3) is 17.0 Å². The van der Waals surface area contributed by atoms with E-state index in [-0.39, 0.29) is 0 Å². The summed E-state index contributed by atoms with van der Waals surface area (Å²) in [6.07, 6.45) is 7.04. The largest absolute Gasteiger partial charge is 0.492 e. The Morgan fingerprint density at radius 1 is 0.792 bits per heavy atom. The molecule has 3 aromatic carbocycles. The Balaban J connectivity index is 1.24. The van der Waals surface area contributed by atoms with Crippen molar-refractivity contribution in [2.45, 2.75) is 32.2 Å². The zero-order valence-electron chi connectivity index (χ0n) is 28.4. The van der Waals surface area contributed by atoms with E-state index in [1.54, 1.807) is 11.2 Å². The van der Waals surface area contributed by atoms with Gasteiger partial charge in [-0.2, -0.15) is 0 Å². The van der Waals surface area contributed by atoms with Gasteiger partial charge in [0, 0.05) is 37.9 Å². The smallest absolute Gasteiger partial charge is 0.137 e. The van der Waals surface area contributed by atoms with E-state index in [9.17, 15) is 0 Å². The maximum Gasteiger partial charge on any atom is 0.137 e. The number of nitrogens with zero attached hydrogens (tertiary/aromatic N) is 6. The van der Waals surface area contributed by atoms with Crippen LogP contribution in [0.5, 0.6) is 11.5 Å². The predicted octanol–water partition coefficient (Wildman–Crippen LogP) is 5.83. The zero-order valence-corrected chi connectivity index (χ0v) is 29.9. The van der Waals surface area contributed by atoms with E-state index in [0.29, 0.717) is 60.0 Å². The van der Waals surface area contributed by atoms with Crippen LogP contribution in [0.4, 0.5) is 0 Å². The van der Waals surface area contributed by atoms with Crippen LogP contribution >= 0.6 is 23.2 Å². The van der Waals surface area contributed by atoms with Crippen LogP contribution in [-0.4, -0.2) is 90.8 Å². The minimum absolute atomic E-state index is 0.566. The average molecular weight is 696 g/mol. The molecule has 4 aromatic rings. The molecule has 1 aromatic heterocycles. The molecule has 0 amide bonds. The molecule has 0 fully saturated rings. The Hall–Kier alpha value is -3.80. The highest BCUT2D eigenvalue weighted by atomic mass is 35.5. The second-order valence-electron chi connectivity index (χ2n) is 12.3. The minimum atomic E-state index is 0.566. The molecule has 0 saturated heterocycles. The SMILES string of the molecule is CN(C)CCCOc1ccc(CCN(N)/C=C(\N)c2ccc(-c3cn(CCc4ccc(OCCCN(C)C)c(Cl)c4)nn3)cc2)cc1Cl. The number of aromatic nitrogens is 3. The number of benzene rings is 3. The van der Waals surface area contributed by atoms with Crippen molar-refractivity contribution in [3.8, 4) is 22.8 Å². The van der Waals surface area contributed by atoms with Crippen molar-refractivity contribution < 1.29 is 9.47 Å². The van der Waals surface area contributed by atoms with Crippen molar-refractivity contribution in [2.24, 2.45) is 11.6 Å². The van der Waals surface area contributed by atoms with Gasteiger partial charge in [-0.1, -0.05) is 64.8 Å². The molecule has 0 aliphatic carbocycles. The minimum Gasteiger partial charge on any atom is -0.492 e. The zero-order chi connectivity index (χ0) is 34.5. The third-order valence-electron chi connectivity index (χ3n) is 7.65. The molecule has 10 nitrogen and oxygen atoms in total. The number of rotatable bonds is 19. The fraction of sp³-hybridized carbons (Fsp3) is 0.389. The van der Waals surface area contributed by atoms with E-state index >= 15 is 0 Å². The molecule has 48 heavy (non-hydrogen) atoms. The summed E-state index contributed by atoms with van der Waals surface area (Å²) in [6, 6.07) is 19.7. The van der Waals surface area contributed by atoms with Crippen molar-refractivity contribution in [3.63, 3.8) is 0 Å². The van der Waals surface area contributed by atoms with E-state index in [2.05, 4.69) is 20.1 Å². The van der Waals surface area contributed by atoms with Crippen LogP contribution in [-0.2, 0) is 19.4 Å². The highest BCUT2D eigenvalue weighted by Gasteiger charge is 2.09. The van der Waals surface area contributed by atoms with Crippen molar-refractivity contribution >= 4 is 28.9 Å². The highest BCUT2D eigenvalue weighted by Crippen LogP contribution is 2.27. The first-order valence-electron chi connectivity index (χ1n) is 16.2. The lowest BCUT2D eigenvalue weighted by atomic mass is 10.1. The lowest BCUT2D eigenvalue weighted by Gasteiger charge is -2.16. The lowest BCUT2D eigenvalue weighted by molar-refractivity contribution is 0.281. The van der Waals surface area contributed by atoms with Gasteiger partial charge >= 0.3 is 0 Å². The molecule has 0 bridgehead atoms. The van der Waals surface area contributed by atoms with Gasteiger partial charge < -0.3 is 30.0 Å². The van der Waals surface area contributed by atoms with E-state index in [4.69, 9.17) is 44.3 Å². The van der Waals surface area contributed by atoms with E-state index in [0.717, 1.165) is 60.3 Å². The predicted molar refractivity (Wildman–Crippen MR) is 196 cm³/mol. The van der Waals surface area contributed by atoms with Crippen LogP contribution in [0.2, 0.25) is 10.0 Å². The van der Waals surface area contributed by atoms with E-state index in [1.807, 2.05) is 99.7 Å². The van der Waals surface area contributed by atoms with Crippen molar-refractivity contribution in [3.05, 3.63) is 99.8 Å². The molecular weight excluding hydrogens is 647 g/mol. The summed E-state index contributed by atoms with van der Waals surface area (Å²) >= 11 is 12.9. The average Bonchev–Trinajstić information content (AvgIpc) is 3.53. The summed E-state index contributed by atoms with van der Waals surface area (Å²) in [7, 11) is 8.19. The van der Waals surface area contributed by atoms with Crippen molar-refractivity contribution in [2.75, 3.05) is 61.0 Å². The second kappa shape index (κ2) is 18.7. The summed E-state index contributed by atoms with van der Waals surface area (Å²) < 4.78 is 13.5. The third-order valence-corrected chi connectivity index (χ3v) is 8.24. The van der Waals surface area contributed by atoms with Crippen molar-refractivity contribution in [1.29, 1.82) is 0 Å². The molecule has 1 heterocycles. The lowest BCUT2D eigenvalue weighted by Crippen LogP contribution is -2.28. The number of hydrazine groups is 1. The summed E-state index contributed by atoms with van der Waals surface area (Å²) in [6.45, 7) is 4.44. The van der Waals surface area contributed by atoms with Gasteiger partial charge in [0.05, 0.1) is 35.2 Å². The third kappa shape index (κ3) is 12.0. The molecule has 0 atom stereocenters. The molecule has 0 aliphatic heterocycles. The standard InChI is InChI=1S/C36H48Cl2N8O2/c1-43(2)17-5-21-47-35-13-7-27(23-31(35)37)15-19-45(40)25-33(39)29-9-11-30(12-10-29)34-26-46(42-41-34)20-16-28-8-14-36(32(38)24-28)48-22-6-18-44(3)4/h7-14,23-26H,5-6,15-22,39-40H2,1-4H3/b33-25-. The molecule has 258 valence electrons. The summed E-state index contributed by atoms with van der Waals surface area (Å²) in [5, 5.41) is 11.5. The van der Waals surface area contributed by atoms with Gasteiger partial charge in [-0.15, -0.1) is 5.10 Å². The number of hydrogen-bond donors (Lipinski definition) is 2. The molecule has 0 aliphatic rings. The monoisotopic (exact) mass is 694 g/mol.